The van der Waals surface area contributed by atoms with Crippen LogP contribution in [0.1, 0.15) is 70.6 Å². The second-order valence-electron chi connectivity index (χ2n) is 7.13. The van der Waals surface area contributed by atoms with Crippen molar-refractivity contribution in [3.05, 3.63) is 0 Å². The van der Waals surface area contributed by atoms with Gasteiger partial charge in [-0.3, -0.25) is 0 Å². The first-order chi connectivity index (χ1) is 9.76. The van der Waals surface area contributed by atoms with Crippen molar-refractivity contribution in [3.63, 3.8) is 0 Å². The molecule has 0 aromatic carbocycles. The van der Waals surface area contributed by atoms with Crippen LogP contribution in [0.25, 0.3) is 0 Å². The van der Waals surface area contributed by atoms with E-state index < -0.39 is 0 Å². The highest BCUT2D eigenvalue weighted by molar-refractivity contribution is 4.91. The van der Waals surface area contributed by atoms with Crippen LogP contribution in [-0.4, -0.2) is 30.2 Å². The molecule has 0 aromatic rings. The fourth-order valence-corrected chi connectivity index (χ4v) is 4.51. The van der Waals surface area contributed by atoms with Crippen LogP contribution in [0.15, 0.2) is 0 Å². The van der Waals surface area contributed by atoms with E-state index in [0.717, 1.165) is 38.4 Å². The maximum absolute atomic E-state index is 10.8. The number of ether oxygens (including phenoxy) is 2. The van der Waals surface area contributed by atoms with E-state index in [0.29, 0.717) is 5.92 Å². The summed E-state index contributed by atoms with van der Waals surface area (Å²) in [6, 6.07) is 0. The average Bonchev–Trinajstić information content (AvgIpc) is 3.00. The molecule has 1 heterocycles. The van der Waals surface area contributed by atoms with Gasteiger partial charge in [-0.2, -0.15) is 0 Å². The van der Waals surface area contributed by atoms with Crippen molar-refractivity contribution >= 4 is 0 Å². The van der Waals surface area contributed by atoms with Gasteiger partial charge in [-0.05, 0) is 50.4 Å². The van der Waals surface area contributed by atoms with Gasteiger partial charge in [0.25, 0.3) is 0 Å². The summed E-state index contributed by atoms with van der Waals surface area (Å²) in [5.41, 5.74) is -0.319. The summed E-state index contributed by atoms with van der Waals surface area (Å²) in [5, 5.41) is 10.8. The molecule has 2 saturated carbocycles. The van der Waals surface area contributed by atoms with Crippen LogP contribution in [0.2, 0.25) is 0 Å². The molecule has 0 aromatic heterocycles. The van der Waals surface area contributed by atoms with Crippen LogP contribution in [0, 0.1) is 11.8 Å². The van der Waals surface area contributed by atoms with Gasteiger partial charge in [-0.1, -0.05) is 32.1 Å². The molecule has 2 aliphatic carbocycles. The van der Waals surface area contributed by atoms with Gasteiger partial charge in [-0.15, -0.1) is 0 Å². The van der Waals surface area contributed by atoms with Gasteiger partial charge in [0.15, 0.2) is 6.29 Å². The topological polar surface area (TPSA) is 38.7 Å². The molecule has 3 nitrogen and oxygen atoms in total. The number of rotatable bonds is 4. The molecular weight excluding hydrogens is 252 g/mol. The van der Waals surface area contributed by atoms with E-state index in [-0.39, 0.29) is 11.9 Å². The minimum atomic E-state index is -0.319. The molecular formula is C17H30O3. The molecule has 3 rings (SSSR count). The largest absolute Gasteiger partial charge is 0.390 e. The molecule has 3 fully saturated rings. The van der Waals surface area contributed by atoms with Gasteiger partial charge in [0.2, 0.25) is 0 Å². The molecule has 1 aliphatic heterocycles. The minimum Gasteiger partial charge on any atom is -0.390 e. The summed E-state index contributed by atoms with van der Waals surface area (Å²) in [5.74, 6) is 1.39. The van der Waals surface area contributed by atoms with Gasteiger partial charge in [0.1, 0.15) is 0 Å². The fraction of sp³-hybridized carbons (Fsp3) is 1.00. The Bertz CT molecular complexity index is 285. The van der Waals surface area contributed by atoms with E-state index in [9.17, 15) is 5.11 Å². The second kappa shape index (κ2) is 6.76. The lowest BCUT2D eigenvalue weighted by molar-refractivity contribution is -0.0703. The maximum atomic E-state index is 10.8. The average molecular weight is 282 g/mol. The molecule has 0 radical (unpaired) electrons. The zero-order chi connectivity index (χ0) is 13.8. The molecule has 0 spiro atoms. The smallest absolute Gasteiger partial charge is 0.157 e. The summed E-state index contributed by atoms with van der Waals surface area (Å²) in [6.07, 6.45) is 13.3. The van der Waals surface area contributed by atoms with Gasteiger partial charge in [0, 0.05) is 0 Å². The molecule has 3 heteroatoms. The van der Waals surface area contributed by atoms with Crippen molar-refractivity contribution in [2.24, 2.45) is 11.8 Å². The highest BCUT2D eigenvalue weighted by Crippen LogP contribution is 2.43. The lowest BCUT2D eigenvalue weighted by atomic mass is 9.67. The van der Waals surface area contributed by atoms with E-state index in [1.165, 1.54) is 51.4 Å². The SMILES string of the molecule is OC1(C2CCC(CCC3OCCO3)CC2)CCCCC1. The zero-order valence-electron chi connectivity index (χ0n) is 12.7. The van der Waals surface area contributed by atoms with Crippen molar-refractivity contribution in [3.8, 4) is 0 Å². The second-order valence-corrected chi connectivity index (χ2v) is 7.13. The maximum Gasteiger partial charge on any atom is 0.157 e. The monoisotopic (exact) mass is 282 g/mol. The zero-order valence-corrected chi connectivity index (χ0v) is 12.7. The Morgan fingerprint density at radius 3 is 2.15 bits per heavy atom. The first-order valence-corrected chi connectivity index (χ1v) is 8.72. The minimum absolute atomic E-state index is 0.0650. The van der Waals surface area contributed by atoms with Crippen LogP contribution < -0.4 is 0 Å². The molecule has 1 N–H and O–H groups in total. The van der Waals surface area contributed by atoms with Crippen molar-refractivity contribution in [1.29, 1.82) is 0 Å². The Balaban J connectivity index is 1.39. The van der Waals surface area contributed by atoms with Crippen LogP contribution in [0.5, 0.6) is 0 Å². The Labute approximate surface area is 123 Å². The summed E-state index contributed by atoms with van der Waals surface area (Å²) >= 11 is 0. The summed E-state index contributed by atoms with van der Waals surface area (Å²) < 4.78 is 11.0. The van der Waals surface area contributed by atoms with Gasteiger partial charge in [0.05, 0.1) is 18.8 Å². The Hall–Kier alpha value is -0.120. The predicted molar refractivity (Wildman–Crippen MR) is 78.4 cm³/mol. The number of aliphatic hydroxyl groups is 1. The third-order valence-electron chi connectivity index (χ3n) is 5.83. The first kappa shape index (κ1) is 14.8. The third-order valence-corrected chi connectivity index (χ3v) is 5.83. The Kier molecular flexibility index (Phi) is 5.00. The molecule has 20 heavy (non-hydrogen) atoms. The lowest BCUT2D eigenvalue weighted by Crippen LogP contribution is -2.41. The quantitative estimate of drug-likeness (QED) is 0.855. The van der Waals surface area contributed by atoms with Crippen LogP contribution >= 0.6 is 0 Å². The van der Waals surface area contributed by atoms with Crippen LogP contribution in [0.3, 0.4) is 0 Å². The van der Waals surface area contributed by atoms with E-state index >= 15 is 0 Å². The van der Waals surface area contributed by atoms with Crippen LogP contribution in [-0.2, 0) is 9.47 Å². The molecule has 1 saturated heterocycles. The normalized spacial score (nSPS) is 35.2. The first-order valence-electron chi connectivity index (χ1n) is 8.72. The molecule has 0 atom stereocenters. The van der Waals surface area contributed by atoms with E-state index in [1.54, 1.807) is 0 Å². The Morgan fingerprint density at radius 2 is 1.50 bits per heavy atom. The van der Waals surface area contributed by atoms with Gasteiger partial charge < -0.3 is 14.6 Å². The predicted octanol–water partition coefficient (Wildman–Crippen LogP) is 3.64. The highest BCUT2D eigenvalue weighted by Gasteiger charge is 2.39. The highest BCUT2D eigenvalue weighted by atomic mass is 16.7. The van der Waals surface area contributed by atoms with Crippen molar-refractivity contribution < 1.29 is 14.6 Å². The molecule has 3 aliphatic rings. The molecule has 0 amide bonds. The molecule has 0 bridgehead atoms. The van der Waals surface area contributed by atoms with Gasteiger partial charge in [-0.25, -0.2) is 0 Å². The van der Waals surface area contributed by atoms with Crippen LogP contribution in [0.4, 0.5) is 0 Å². The fourth-order valence-electron chi connectivity index (χ4n) is 4.51. The summed E-state index contributed by atoms with van der Waals surface area (Å²) in [6.45, 7) is 1.54. The summed E-state index contributed by atoms with van der Waals surface area (Å²) in [7, 11) is 0. The van der Waals surface area contributed by atoms with Crippen molar-refractivity contribution in [2.75, 3.05) is 13.2 Å². The number of hydrogen-bond donors (Lipinski definition) is 1. The Morgan fingerprint density at radius 1 is 0.850 bits per heavy atom. The van der Waals surface area contributed by atoms with Crippen molar-refractivity contribution in [1.82, 2.24) is 0 Å². The third kappa shape index (κ3) is 3.55. The number of hydrogen-bond acceptors (Lipinski definition) is 3. The lowest BCUT2D eigenvalue weighted by Gasteiger charge is -2.42. The molecule has 0 unspecified atom stereocenters. The standard InChI is InChI=1S/C17H30O3/c18-17(10-2-1-3-11-17)15-7-4-14(5-8-15)6-9-16-19-12-13-20-16/h14-16,18H,1-13H2. The summed E-state index contributed by atoms with van der Waals surface area (Å²) in [4.78, 5) is 0. The molecule has 116 valence electrons. The van der Waals surface area contributed by atoms with Gasteiger partial charge >= 0.3 is 0 Å². The van der Waals surface area contributed by atoms with E-state index in [1.807, 2.05) is 0 Å². The van der Waals surface area contributed by atoms with Crippen molar-refractivity contribution in [2.45, 2.75) is 82.5 Å². The van der Waals surface area contributed by atoms with E-state index in [2.05, 4.69) is 0 Å². The van der Waals surface area contributed by atoms with E-state index in [4.69, 9.17) is 9.47 Å².